The van der Waals surface area contributed by atoms with Crippen LogP contribution in [0, 0.1) is 19.7 Å². The van der Waals surface area contributed by atoms with Gasteiger partial charge in [0.15, 0.2) is 0 Å². The zero-order chi connectivity index (χ0) is 20.5. The lowest BCUT2D eigenvalue weighted by molar-refractivity contribution is -0.120. The van der Waals surface area contributed by atoms with E-state index in [9.17, 15) is 14.0 Å². The Balaban J connectivity index is 1.83. The van der Waals surface area contributed by atoms with Gasteiger partial charge in [0.05, 0.1) is 11.3 Å². The fraction of sp³-hybridized carbons (Fsp3) is 0.0833. The van der Waals surface area contributed by atoms with Gasteiger partial charge in [-0.2, -0.15) is 0 Å². The second-order valence-corrected chi connectivity index (χ2v) is 7.04. The van der Waals surface area contributed by atoms with E-state index >= 15 is 0 Å². The highest BCUT2D eigenvalue weighted by Crippen LogP contribution is 2.34. The maximum absolute atomic E-state index is 13.7. The molecule has 5 heteroatoms. The Morgan fingerprint density at radius 3 is 2.21 bits per heavy atom. The number of nitrogens with zero attached hydrogens (tertiary/aromatic N) is 1. The summed E-state index contributed by atoms with van der Waals surface area (Å²) in [6, 6.07) is 20.4. The maximum Gasteiger partial charge on any atom is 0.282 e. The second-order valence-electron chi connectivity index (χ2n) is 7.04. The number of hydrogen-bond acceptors (Lipinski definition) is 3. The van der Waals surface area contributed by atoms with Crippen LogP contribution in [0.5, 0.6) is 0 Å². The van der Waals surface area contributed by atoms with Crippen LogP contribution in [0.3, 0.4) is 0 Å². The molecule has 1 heterocycles. The molecular formula is C24H19FN2O2. The van der Waals surface area contributed by atoms with Crippen LogP contribution in [0.4, 0.5) is 15.8 Å². The van der Waals surface area contributed by atoms with Gasteiger partial charge in [-0.3, -0.25) is 9.59 Å². The van der Waals surface area contributed by atoms with Gasteiger partial charge in [-0.25, -0.2) is 9.29 Å². The van der Waals surface area contributed by atoms with Gasteiger partial charge in [-0.15, -0.1) is 0 Å². The Hall–Kier alpha value is -3.73. The van der Waals surface area contributed by atoms with E-state index in [1.165, 1.54) is 18.2 Å². The second kappa shape index (κ2) is 7.36. The minimum absolute atomic E-state index is 0.175. The van der Waals surface area contributed by atoms with Crippen molar-refractivity contribution in [2.75, 3.05) is 10.2 Å². The normalized spacial score (nSPS) is 14.0. The van der Waals surface area contributed by atoms with Gasteiger partial charge >= 0.3 is 0 Å². The number of carbonyl (C=O) groups excluding carboxylic acids is 2. The summed E-state index contributed by atoms with van der Waals surface area (Å²) >= 11 is 0. The van der Waals surface area contributed by atoms with Gasteiger partial charge in [0.1, 0.15) is 11.5 Å². The molecule has 0 saturated carbocycles. The number of rotatable bonds is 4. The SMILES string of the molecule is Cc1ccc(C2=C(Nc3cccc(C)c3)C(=O)N(c3cccc(F)c3)C2=O)cc1. The van der Waals surface area contributed by atoms with E-state index in [0.717, 1.165) is 16.0 Å². The van der Waals surface area contributed by atoms with Gasteiger partial charge in [-0.05, 0) is 55.3 Å². The number of amides is 2. The monoisotopic (exact) mass is 386 g/mol. The summed E-state index contributed by atoms with van der Waals surface area (Å²) in [6.07, 6.45) is 0. The minimum atomic E-state index is -0.516. The molecule has 0 fully saturated rings. The highest BCUT2D eigenvalue weighted by atomic mass is 19.1. The summed E-state index contributed by atoms with van der Waals surface area (Å²) in [7, 11) is 0. The number of anilines is 2. The molecule has 0 saturated heterocycles. The third-order valence-electron chi connectivity index (χ3n) is 4.78. The van der Waals surface area contributed by atoms with Crippen molar-refractivity contribution < 1.29 is 14.0 Å². The molecule has 144 valence electrons. The Morgan fingerprint density at radius 1 is 0.793 bits per heavy atom. The summed E-state index contributed by atoms with van der Waals surface area (Å²) < 4.78 is 13.7. The van der Waals surface area contributed by atoms with Crippen LogP contribution in [0.2, 0.25) is 0 Å². The quantitative estimate of drug-likeness (QED) is 0.653. The van der Waals surface area contributed by atoms with E-state index in [1.54, 1.807) is 6.07 Å². The summed E-state index contributed by atoms with van der Waals surface area (Å²) in [5.41, 5.74) is 4.03. The first kappa shape index (κ1) is 18.6. The standard InChI is InChI=1S/C24H19FN2O2/c1-15-9-11-17(12-10-15)21-22(26-19-7-3-5-16(2)13-19)24(29)27(23(21)28)20-8-4-6-18(25)14-20/h3-14,26H,1-2H3. The van der Waals surface area contributed by atoms with Gasteiger partial charge in [0.25, 0.3) is 11.8 Å². The largest absolute Gasteiger partial charge is 0.350 e. The van der Waals surface area contributed by atoms with Crippen molar-refractivity contribution in [3.63, 3.8) is 0 Å². The van der Waals surface area contributed by atoms with E-state index in [4.69, 9.17) is 0 Å². The van der Waals surface area contributed by atoms with Crippen LogP contribution < -0.4 is 10.2 Å². The molecule has 0 aliphatic carbocycles. The third kappa shape index (κ3) is 3.55. The first-order chi connectivity index (χ1) is 13.9. The maximum atomic E-state index is 13.7. The fourth-order valence-electron chi connectivity index (χ4n) is 3.35. The smallest absolute Gasteiger partial charge is 0.282 e. The molecule has 0 aromatic heterocycles. The lowest BCUT2D eigenvalue weighted by atomic mass is 10.0. The van der Waals surface area contributed by atoms with Crippen LogP contribution in [0.25, 0.3) is 5.57 Å². The summed E-state index contributed by atoms with van der Waals surface area (Å²) in [4.78, 5) is 27.5. The number of benzene rings is 3. The van der Waals surface area contributed by atoms with E-state index in [2.05, 4.69) is 5.32 Å². The molecule has 0 spiro atoms. The summed E-state index contributed by atoms with van der Waals surface area (Å²) in [5, 5.41) is 3.11. The molecule has 1 aliphatic rings. The van der Waals surface area contributed by atoms with E-state index in [-0.39, 0.29) is 17.0 Å². The van der Waals surface area contributed by atoms with Crippen molar-refractivity contribution in [3.05, 3.63) is 101 Å². The number of imide groups is 1. The van der Waals surface area contributed by atoms with Gasteiger partial charge < -0.3 is 5.32 Å². The zero-order valence-corrected chi connectivity index (χ0v) is 16.1. The first-order valence-electron chi connectivity index (χ1n) is 9.23. The molecule has 4 rings (SSSR count). The number of halogens is 1. The summed E-state index contributed by atoms with van der Waals surface area (Å²) in [6.45, 7) is 3.89. The van der Waals surface area contributed by atoms with Crippen molar-refractivity contribution in [2.45, 2.75) is 13.8 Å². The minimum Gasteiger partial charge on any atom is -0.350 e. The first-order valence-corrected chi connectivity index (χ1v) is 9.23. The molecule has 3 aromatic carbocycles. The van der Waals surface area contributed by atoms with Crippen molar-refractivity contribution in [1.29, 1.82) is 0 Å². The highest BCUT2D eigenvalue weighted by molar-refractivity contribution is 6.46. The van der Waals surface area contributed by atoms with Gasteiger partial charge in [-0.1, -0.05) is 48.0 Å². The van der Waals surface area contributed by atoms with Crippen LogP contribution >= 0.6 is 0 Å². The van der Waals surface area contributed by atoms with E-state index in [0.29, 0.717) is 11.3 Å². The molecule has 2 amide bonds. The van der Waals surface area contributed by atoms with Crippen molar-refractivity contribution in [1.82, 2.24) is 0 Å². The van der Waals surface area contributed by atoms with Gasteiger partial charge in [0.2, 0.25) is 0 Å². The predicted molar refractivity (Wildman–Crippen MR) is 112 cm³/mol. The Morgan fingerprint density at radius 2 is 1.52 bits per heavy atom. The number of hydrogen-bond donors (Lipinski definition) is 1. The number of nitrogens with one attached hydrogen (secondary N) is 1. The topological polar surface area (TPSA) is 49.4 Å². The molecule has 0 radical (unpaired) electrons. The zero-order valence-electron chi connectivity index (χ0n) is 16.1. The third-order valence-corrected chi connectivity index (χ3v) is 4.78. The average molecular weight is 386 g/mol. The van der Waals surface area contributed by atoms with Crippen LogP contribution in [0.15, 0.2) is 78.5 Å². The number of aryl methyl sites for hydroxylation is 2. The predicted octanol–water partition coefficient (Wildman–Crippen LogP) is 4.84. The Bertz CT molecular complexity index is 1150. The average Bonchev–Trinajstić information content (AvgIpc) is 2.92. The van der Waals surface area contributed by atoms with Crippen molar-refractivity contribution >= 4 is 28.8 Å². The molecule has 29 heavy (non-hydrogen) atoms. The Kier molecular flexibility index (Phi) is 4.72. The molecule has 0 unspecified atom stereocenters. The summed E-state index contributed by atoms with van der Waals surface area (Å²) in [5.74, 6) is -1.52. The molecule has 1 aliphatic heterocycles. The van der Waals surface area contributed by atoms with Crippen LogP contribution in [-0.4, -0.2) is 11.8 Å². The van der Waals surface area contributed by atoms with Crippen LogP contribution in [-0.2, 0) is 9.59 Å². The molecule has 3 aromatic rings. The fourth-order valence-corrected chi connectivity index (χ4v) is 3.35. The van der Waals surface area contributed by atoms with Crippen LogP contribution in [0.1, 0.15) is 16.7 Å². The number of carbonyl (C=O) groups is 2. The van der Waals surface area contributed by atoms with E-state index in [1.807, 2.05) is 62.4 Å². The van der Waals surface area contributed by atoms with Crippen molar-refractivity contribution in [3.8, 4) is 0 Å². The highest BCUT2D eigenvalue weighted by Gasteiger charge is 2.40. The lowest BCUT2D eigenvalue weighted by Gasteiger charge is -2.15. The lowest BCUT2D eigenvalue weighted by Crippen LogP contribution is -2.32. The molecule has 0 atom stereocenters. The Labute approximate surface area is 168 Å². The van der Waals surface area contributed by atoms with Crippen molar-refractivity contribution in [2.24, 2.45) is 0 Å². The molecule has 4 nitrogen and oxygen atoms in total. The molecule has 0 bridgehead atoms. The molecular weight excluding hydrogens is 367 g/mol. The molecule has 1 N–H and O–H groups in total. The van der Waals surface area contributed by atoms with E-state index < -0.39 is 17.6 Å². The van der Waals surface area contributed by atoms with Gasteiger partial charge in [0, 0.05) is 5.69 Å².